The van der Waals surface area contributed by atoms with Crippen LogP contribution >= 0.6 is 0 Å². The molecule has 3 aromatic rings. The highest BCUT2D eigenvalue weighted by Crippen LogP contribution is 2.37. The van der Waals surface area contributed by atoms with Crippen LogP contribution in [0.4, 0.5) is 13.2 Å². The summed E-state index contributed by atoms with van der Waals surface area (Å²) in [6, 6.07) is 14.8. The lowest BCUT2D eigenvalue weighted by Crippen LogP contribution is -2.21. The van der Waals surface area contributed by atoms with Gasteiger partial charge in [0.25, 0.3) is 0 Å². The van der Waals surface area contributed by atoms with E-state index in [-0.39, 0.29) is 42.2 Å². The molecule has 0 saturated heterocycles. The molecule has 1 saturated carbocycles. The summed E-state index contributed by atoms with van der Waals surface area (Å²) < 4.78 is 55.2. The number of hydrogen-bond acceptors (Lipinski definition) is 3. The van der Waals surface area contributed by atoms with Crippen molar-refractivity contribution in [2.75, 3.05) is 6.61 Å². The van der Waals surface area contributed by atoms with Crippen LogP contribution in [0.1, 0.15) is 55.2 Å². The molecule has 6 heteroatoms. The topological polar surface area (TPSA) is 38.7 Å². The van der Waals surface area contributed by atoms with Gasteiger partial charge in [0.05, 0.1) is 25.9 Å². The Kier molecular flexibility index (Phi) is 7.91. The van der Waals surface area contributed by atoms with E-state index >= 15 is 0 Å². The maximum atomic E-state index is 14.7. The highest BCUT2D eigenvalue weighted by molar-refractivity contribution is 5.65. The monoisotopic (exact) mass is 470 g/mol. The summed E-state index contributed by atoms with van der Waals surface area (Å²) in [6.07, 6.45) is 2.94. The van der Waals surface area contributed by atoms with E-state index in [9.17, 15) is 13.2 Å². The Bertz CT molecular complexity index is 1110. The van der Waals surface area contributed by atoms with Gasteiger partial charge in [-0.2, -0.15) is 0 Å². The quantitative estimate of drug-likeness (QED) is 0.389. The van der Waals surface area contributed by atoms with Crippen molar-refractivity contribution in [2.24, 2.45) is 0 Å². The largest absolute Gasteiger partial charge is 0.494 e. The van der Waals surface area contributed by atoms with Gasteiger partial charge < -0.3 is 14.6 Å². The van der Waals surface area contributed by atoms with Crippen LogP contribution in [-0.2, 0) is 18.0 Å². The molecule has 0 heterocycles. The number of rotatable bonds is 8. The molecule has 0 aromatic heterocycles. The van der Waals surface area contributed by atoms with Crippen LogP contribution in [0.15, 0.2) is 54.6 Å². The zero-order valence-electron chi connectivity index (χ0n) is 19.2. The second-order valence-electron chi connectivity index (χ2n) is 8.66. The smallest absolute Gasteiger partial charge is 0.167 e. The zero-order valence-corrected chi connectivity index (χ0v) is 19.2. The molecule has 0 spiro atoms. The van der Waals surface area contributed by atoms with Gasteiger partial charge in [0.1, 0.15) is 11.6 Å². The first kappa shape index (κ1) is 24.3. The minimum Gasteiger partial charge on any atom is -0.494 e. The van der Waals surface area contributed by atoms with E-state index in [1.807, 2.05) is 6.92 Å². The summed E-state index contributed by atoms with van der Waals surface area (Å²) in [5.41, 5.74) is 2.28. The lowest BCUT2D eigenvalue weighted by atomic mass is 9.82. The van der Waals surface area contributed by atoms with Gasteiger partial charge in [-0.05, 0) is 61.3 Å². The normalized spacial score (nSPS) is 18.1. The molecular weight excluding hydrogens is 441 g/mol. The van der Waals surface area contributed by atoms with Crippen LogP contribution in [0.5, 0.6) is 5.75 Å². The van der Waals surface area contributed by atoms with Crippen molar-refractivity contribution in [1.29, 1.82) is 0 Å². The van der Waals surface area contributed by atoms with Crippen LogP contribution in [0, 0.1) is 17.5 Å². The van der Waals surface area contributed by atoms with Gasteiger partial charge in [-0.15, -0.1) is 0 Å². The third-order valence-corrected chi connectivity index (χ3v) is 6.48. The molecule has 3 nitrogen and oxygen atoms in total. The molecular formula is C28H29F3O3. The second-order valence-corrected chi connectivity index (χ2v) is 8.66. The van der Waals surface area contributed by atoms with Crippen LogP contribution in [0.3, 0.4) is 0 Å². The lowest BCUT2D eigenvalue weighted by Gasteiger charge is -2.29. The number of aliphatic hydroxyl groups excluding tert-OH is 1. The van der Waals surface area contributed by atoms with Gasteiger partial charge in [-0.1, -0.05) is 42.5 Å². The van der Waals surface area contributed by atoms with E-state index in [2.05, 4.69) is 0 Å². The highest BCUT2D eigenvalue weighted by atomic mass is 19.2. The fraction of sp³-hybridized carbons (Fsp3) is 0.357. The van der Waals surface area contributed by atoms with Crippen molar-refractivity contribution in [3.8, 4) is 16.9 Å². The third-order valence-electron chi connectivity index (χ3n) is 6.48. The average Bonchev–Trinajstić information content (AvgIpc) is 2.86. The van der Waals surface area contributed by atoms with Crippen molar-refractivity contribution in [2.45, 2.75) is 57.8 Å². The van der Waals surface area contributed by atoms with Crippen LogP contribution in [-0.4, -0.2) is 17.8 Å². The second kappa shape index (κ2) is 11.1. The summed E-state index contributed by atoms with van der Waals surface area (Å²) >= 11 is 0. The molecule has 1 fully saturated rings. The first-order valence-corrected chi connectivity index (χ1v) is 11.7. The number of benzene rings is 3. The summed E-state index contributed by atoms with van der Waals surface area (Å²) in [5.74, 6) is -1.43. The first-order chi connectivity index (χ1) is 16.5. The van der Waals surface area contributed by atoms with Crippen LogP contribution in [0.2, 0.25) is 0 Å². The molecule has 0 bridgehead atoms. The molecule has 0 atom stereocenters. The van der Waals surface area contributed by atoms with Crippen molar-refractivity contribution < 1.29 is 27.8 Å². The number of ether oxygens (including phenoxy) is 2. The minimum absolute atomic E-state index is 0.0147. The SMILES string of the molecule is CCOc1ccc(C2CCC(OCc3ccc(-c4ccc(CO)cc4)c(F)c3F)CC2)c(F)c1. The summed E-state index contributed by atoms with van der Waals surface area (Å²) in [6.45, 7) is 2.23. The molecule has 0 amide bonds. The first-order valence-electron chi connectivity index (χ1n) is 11.7. The van der Waals surface area contributed by atoms with Crippen LogP contribution < -0.4 is 4.74 Å². The van der Waals surface area contributed by atoms with Crippen molar-refractivity contribution >= 4 is 0 Å². The van der Waals surface area contributed by atoms with E-state index in [4.69, 9.17) is 14.6 Å². The van der Waals surface area contributed by atoms with E-state index in [1.165, 1.54) is 6.07 Å². The molecule has 34 heavy (non-hydrogen) atoms. The van der Waals surface area contributed by atoms with Gasteiger partial charge in [-0.25, -0.2) is 13.2 Å². The number of aliphatic hydroxyl groups is 1. The standard InChI is InChI=1S/C28H29F3O3/c1-2-33-23-12-14-24(26(29)15-23)19-7-10-22(11-8-19)34-17-21-9-13-25(28(31)27(21)30)20-5-3-18(16-32)4-6-20/h3-6,9,12-15,19,22,32H,2,7-8,10-11,16-17H2,1H3. The zero-order chi connectivity index (χ0) is 24.1. The Hall–Kier alpha value is -2.83. The van der Waals surface area contributed by atoms with E-state index < -0.39 is 11.6 Å². The highest BCUT2D eigenvalue weighted by Gasteiger charge is 2.25. The molecule has 1 N–H and O–H groups in total. The summed E-state index contributed by atoms with van der Waals surface area (Å²) in [5, 5.41) is 9.14. The summed E-state index contributed by atoms with van der Waals surface area (Å²) in [4.78, 5) is 0. The molecule has 0 aliphatic heterocycles. The Balaban J connectivity index is 1.34. The molecule has 0 radical (unpaired) electrons. The maximum Gasteiger partial charge on any atom is 0.167 e. The van der Waals surface area contributed by atoms with E-state index in [0.29, 0.717) is 29.0 Å². The predicted octanol–water partition coefficient (Wildman–Crippen LogP) is 6.90. The van der Waals surface area contributed by atoms with E-state index in [1.54, 1.807) is 48.5 Å². The molecule has 3 aromatic carbocycles. The molecule has 180 valence electrons. The third kappa shape index (κ3) is 5.45. The maximum absolute atomic E-state index is 14.7. The lowest BCUT2D eigenvalue weighted by molar-refractivity contribution is 0.0117. The minimum atomic E-state index is -0.910. The Labute approximate surface area is 198 Å². The molecule has 0 unspecified atom stereocenters. The summed E-state index contributed by atoms with van der Waals surface area (Å²) in [7, 11) is 0. The fourth-order valence-electron chi connectivity index (χ4n) is 4.56. The molecule has 1 aliphatic carbocycles. The van der Waals surface area contributed by atoms with Gasteiger partial charge in [0, 0.05) is 17.2 Å². The van der Waals surface area contributed by atoms with Gasteiger partial charge in [0.15, 0.2) is 11.6 Å². The van der Waals surface area contributed by atoms with E-state index in [0.717, 1.165) is 25.7 Å². The number of hydrogen-bond donors (Lipinski definition) is 1. The predicted molar refractivity (Wildman–Crippen MR) is 125 cm³/mol. The number of halogens is 3. The molecule has 4 rings (SSSR count). The van der Waals surface area contributed by atoms with Gasteiger partial charge in [0.2, 0.25) is 0 Å². The van der Waals surface area contributed by atoms with Crippen LogP contribution in [0.25, 0.3) is 11.1 Å². The van der Waals surface area contributed by atoms with Gasteiger partial charge >= 0.3 is 0 Å². The fourth-order valence-corrected chi connectivity index (χ4v) is 4.56. The molecule has 1 aliphatic rings. The van der Waals surface area contributed by atoms with Crippen molar-refractivity contribution in [3.63, 3.8) is 0 Å². The Morgan fingerprint density at radius 1 is 0.882 bits per heavy atom. The van der Waals surface area contributed by atoms with Crippen molar-refractivity contribution in [3.05, 3.63) is 88.7 Å². The van der Waals surface area contributed by atoms with Gasteiger partial charge in [-0.3, -0.25) is 0 Å². The Morgan fingerprint density at radius 2 is 1.62 bits per heavy atom. The average molecular weight is 471 g/mol. The van der Waals surface area contributed by atoms with Crippen molar-refractivity contribution in [1.82, 2.24) is 0 Å². The Morgan fingerprint density at radius 3 is 2.26 bits per heavy atom.